The summed E-state index contributed by atoms with van der Waals surface area (Å²) >= 11 is 0. The number of nitrogens with one attached hydrogen (secondary N) is 1. The van der Waals surface area contributed by atoms with Crippen LogP contribution in [0.15, 0.2) is 64.5 Å². The van der Waals surface area contributed by atoms with Crippen LogP contribution in [0.2, 0.25) is 0 Å². The molecular weight excluding hydrogens is 429 g/mol. The molecule has 10 heteroatoms. The Kier molecular flexibility index (Phi) is 7.39. The molecule has 0 unspecified atom stereocenters. The van der Waals surface area contributed by atoms with Crippen LogP contribution >= 0.6 is 0 Å². The van der Waals surface area contributed by atoms with Crippen molar-refractivity contribution in [1.29, 1.82) is 0 Å². The second-order valence-electron chi connectivity index (χ2n) is 7.49. The maximum absolute atomic E-state index is 13.5. The molecule has 6 N–H and O–H groups in total. The number of fused-ring (bicyclic) bond motifs is 1. The van der Waals surface area contributed by atoms with Crippen LogP contribution in [0.3, 0.4) is 0 Å². The summed E-state index contributed by atoms with van der Waals surface area (Å²) < 4.78 is 14.9. The molecule has 33 heavy (non-hydrogen) atoms. The van der Waals surface area contributed by atoms with Crippen LogP contribution in [-0.2, 0) is 11.3 Å². The van der Waals surface area contributed by atoms with Crippen LogP contribution in [0, 0.1) is 5.82 Å². The Morgan fingerprint density at radius 1 is 1.12 bits per heavy atom. The minimum Gasteiger partial charge on any atom is -0.480 e. The van der Waals surface area contributed by atoms with E-state index in [1.54, 1.807) is 12.1 Å². The predicted molar refractivity (Wildman–Crippen MR) is 123 cm³/mol. The summed E-state index contributed by atoms with van der Waals surface area (Å²) in [5.41, 5.74) is 10.5. The number of hydrogen-bond donors (Lipinski definition) is 4. The Balaban J connectivity index is 1.75. The Bertz CT molecular complexity index is 1270. The lowest BCUT2D eigenvalue weighted by Gasteiger charge is -2.14. The fraction of sp³-hybridized carbons (Fsp3) is 0.217. The predicted octanol–water partition coefficient (Wildman–Crippen LogP) is 1.43. The SMILES string of the molecule is NC(N)=NCCC[C@H](NC(=O)c1cccn(Cc2ccc3ccc(F)cc3c2)c1=O)C(=O)O. The highest BCUT2D eigenvalue weighted by Crippen LogP contribution is 2.18. The number of rotatable bonds is 9. The number of aliphatic carboxylic acids is 1. The van der Waals surface area contributed by atoms with Crippen LogP contribution in [0.5, 0.6) is 0 Å². The molecule has 2 aromatic carbocycles. The number of carbonyl (C=O) groups excluding carboxylic acids is 1. The first-order valence-corrected chi connectivity index (χ1v) is 10.2. The topological polar surface area (TPSA) is 153 Å². The summed E-state index contributed by atoms with van der Waals surface area (Å²) in [7, 11) is 0. The van der Waals surface area contributed by atoms with Crippen molar-refractivity contribution in [2.24, 2.45) is 16.5 Å². The van der Waals surface area contributed by atoms with E-state index in [-0.39, 0.29) is 36.9 Å². The van der Waals surface area contributed by atoms with Crippen LogP contribution in [0.25, 0.3) is 10.8 Å². The van der Waals surface area contributed by atoms with Gasteiger partial charge in [0, 0.05) is 12.7 Å². The first kappa shape index (κ1) is 23.5. The number of aliphatic imine (C=N–C) groups is 1. The number of pyridine rings is 1. The molecule has 0 aliphatic rings. The number of benzene rings is 2. The molecule has 1 amide bonds. The first-order chi connectivity index (χ1) is 15.7. The minimum atomic E-state index is -1.23. The monoisotopic (exact) mass is 453 g/mol. The van der Waals surface area contributed by atoms with E-state index in [1.165, 1.54) is 35.0 Å². The molecule has 0 saturated heterocycles. The zero-order valence-electron chi connectivity index (χ0n) is 17.7. The molecule has 0 radical (unpaired) electrons. The van der Waals surface area contributed by atoms with Gasteiger partial charge in [-0.15, -0.1) is 0 Å². The summed E-state index contributed by atoms with van der Waals surface area (Å²) in [6.45, 7) is 0.378. The van der Waals surface area contributed by atoms with Gasteiger partial charge >= 0.3 is 5.97 Å². The van der Waals surface area contributed by atoms with Gasteiger partial charge < -0.3 is 26.5 Å². The van der Waals surface area contributed by atoms with E-state index >= 15 is 0 Å². The number of carboxylic acids is 1. The van der Waals surface area contributed by atoms with Crippen molar-refractivity contribution >= 4 is 28.6 Å². The molecule has 0 aliphatic heterocycles. The molecule has 0 bridgehead atoms. The maximum atomic E-state index is 13.5. The largest absolute Gasteiger partial charge is 0.480 e. The van der Waals surface area contributed by atoms with Crippen LogP contribution in [0.4, 0.5) is 4.39 Å². The van der Waals surface area contributed by atoms with E-state index in [1.807, 2.05) is 12.1 Å². The number of hydrogen-bond acceptors (Lipinski definition) is 4. The Hall–Kier alpha value is -4.21. The van der Waals surface area contributed by atoms with Gasteiger partial charge in [0.25, 0.3) is 11.5 Å². The van der Waals surface area contributed by atoms with Crippen molar-refractivity contribution in [3.05, 3.63) is 82.0 Å². The molecule has 0 spiro atoms. The van der Waals surface area contributed by atoms with Gasteiger partial charge in [-0.25, -0.2) is 9.18 Å². The van der Waals surface area contributed by atoms with Crippen LogP contribution in [-0.4, -0.2) is 40.1 Å². The van der Waals surface area contributed by atoms with Gasteiger partial charge in [-0.1, -0.05) is 18.2 Å². The summed E-state index contributed by atoms with van der Waals surface area (Å²) in [6, 6.07) is 11.5. The number of guanidine groups is 1. The third kappa shape index (κ3) is 6.16. The molecule has 1 heterocycles. The highest BCUT2D eigenvalue weighted by Gasteiger charge is 2.22. The molecule has 0 saturated carbocycles. The standard InChI is InChI=1S/C23H24FN5O4/c24-17-8-7-15-6-5-14(11-16(15)12-17)13-29-10-2-3-18(21(29)31)20(30)28-19(22(32)33)4-1-9-27-23(25)26/h2-3,5-8,10-12,19H,1,4,9,13H2,(H,28,30)(H,32,33)(H4,25,26,27)/t19-/m0/s1. The molecular formula is C23H24FN5O4. The lowest BCUT2D eigenvalue weighted by Crippen LogP contribution is -2.43. The summed E-state index contributed by atoms with van der Waals surface area (Å²) in [5, 5.41) is 13.3. The van der Waals surface area contributed by atoms with E-state index in [9.17, 15) is 23.9 Å². The van der Waals surface area contributed by atoms with E-state index in [0.29, 0.717) is 11.8 Å². The van der Waals surface area contributed by atoms with Crippen molar-refractivity contribution in [1.82, 2.24) is 9.88 Å². The molecule has 172 valence electrons. The van der Waals surface area contributed by atoms with Gasteiger partial charge in [-0.3, -0.25) is 14.6 Å². The highest BCUT2D eigenvalue weighted by atomic mass is 19.1. The fourth-order valence-electron chi connectivity index (χ4n) is 3.39. The Morgan fingerprint density at radius 3 is 2.61 bits per heavy atom. The molecule has 3 aromatic rings. The number of amides is 1. The van der Waals surface area contributed by atoms with Crippen molar-refractivity contribution in [2.45, 2.75) is 25.4 Å². The lowest BCUT2D eigenvalue weighted by molar-refractivity contribution is -0.139. The van der Waals surface area contributed by atoms with Gasteiger partial charge in [-0.05, 0) is 59.5 Å². The average molecular weight is 453 g/mol. The van der Waals surface area contributed by atoms with Gasteiger partial charge in [0.1, 0.15) is 17.4 Å². The normalized spacial score (nSPS) is 11.7. The molecule has 9 nitrogen and oxygen atoms in total. The van der Waals surface area contributed by atoms with E-state index in [0.717, 1.165) is 10.9 Å². The van der Waals surface area contributed by atoms with Gasteiger partial charge in [0.2, 0.25) is 0 Å². The third-order valence-corrected chi connectivity index (χ3v) is 5.03. The second kappa shape index (κ2) is 10.4. The second-order valence-corrected chi connectivity index (χ2v) is 7.49. The lowest BCUT2D eigenvalue weighted by atomic mass is 10.1. The number of halogens is 1. The van der Waals surface area contributed by atoms with Gasteiger partial charge in [0.05, 0.1) is 6.54 Å². The average Bonchev–Trinajstić information content (AvgIpc) is 2.76. The van der Waals surface area contributed by atoms with E-state index in [2.05, 4.69) is 10.3 Å². The zero-order chi connectivity index (χ0) is 24.0. The number of carbonyl (C=O) groups is 2. The molecule has 0 aliphatic carbocycles. The quantitative estimate of drug-likeness (QED) is 0.218. The van der Waals surface area contributed by atoms with E-state index in [4.69, 9.17) is 11.5 Å². The highest BCUT2D eigenvalue weighted by molar-refractivity contribution is 5.96. The minimum absolute atomic E-state index is 0.0898. The maximum Gasteiger partial charge on any atom is 0.326 e. The summed E-state index contributed by atoms with van der Waals surface area (Å²) in [6.07, 6.45) is 1.95. The molecule has 1 aromatic heterocycles. The number of nitrogens with zero attached hydrogens (tertiary/aromatic N) is 2. The Morgan fingerprint density at radius 2 is 1.88 bits per heavy atom. The zero-order valence-corrected chi connectivity index (χ0v) is 17.7. The fourth-order valence-corrected chi connectivity index (χ4v) is 3.39. The number of nitrogens with two attached hydrogens (primary N) is 2. The third-order valence-electron chi connectivity index (χ3n) is 5.03. The summed E-state index contributed by atoms with van der Waals surface area (Å²) in [4.78, 5) is 40.8. The first-order valence-electron chi connectivity index (χ1n) is 10.2. The Labute approximate surface area is 188 Å². The number of carboxylic acid groups (broad SMARTS) is 1. The van der Waals surface area contributed by atoms with E-state index < -0.39 is 23.5 Å². The van der Waals surface area contributed by atoms with Crippen molar-refractivity contribution in [3.63, 3.8) is 0 Å². The van der Waals surface area contributed by atoms with Gasteiger partial charge in [0.15, 0.2) is 5.96 Å². The molecule has 3 rings (SSSR count). The van der Waals surface area contributed by atoms with Gasteiger partial charge in [-0.2, -0.15) is 0 Å². The number of aromatic nitrogens is 1. The summed E-state index contributed by atoms with van der Waals surface area (Å²) in [5.74, 6) is -2.48. The van der Waals surface area contributed by atoms with Crippen molar-refractivity contribution < 1.29 is 19.1 Å². The van der Waals surface area contributed by atoms with Crippen molar-refractivity contribution in [2.75, 3.05) is 6.54 Å². The molecule has 1 atom stereocenters. The van der Waals surface area contributed by atoms with Crippen LogP contribution < -0.4 is 22.3 Å². The molecule has 0 fully saturated rings. The van der Waals surface area contributed by atoms with Crippen molar-refractivity contribution in [3.8, 4) is 0 Å². The smallest absolute Gasteiger partial charge is 0.326 e. The van der Waals surface area contributed by atoms with Crippen LogP contribution in [0.1, 0.15) is 28.8 Å².